The number of carbonyl (C=O) groups excluding carboxylic acids is 1. The van der Waals surface area contributed by atoms with Crippen molar-refractivity contribution in [2.24, 2.45) is 0 Å². The zero-order valence-corrected chi connectivity index (χ0v) is 10.1. The standard InChI is InChI=1S/C12H14F3NO2/c1-8-3-4-10(18-2)9(7-8)16-11(17)5-6-12(13,14)15/h3-4,7H,5-6H2,1-2H3,(H,16,17). The molecule has 1 rings (SSSR count). The number of nitrogens with one attached hydrogen (secondary N) is 1. The maximum absolute atomic E-state index is 12.0. The van der Waals surface area contributed by atoms with Gasteiger partial charge in [0.1, 0.15) is 5.75 Å². The molecule has 0 saturated carbocycles. The van der Waals surface area contributed by atoms with Crippen LogP contribution < -0.4 is 10.1 Å². The van der Waals surface area contributed by atoms with Gasteiger partial charge in [0.15, 0.2) is 0 Å². The number of halogens is 3. The minimum atomic E-state index is -4.33. The molecular formula is C12H14F3NO2. The van der Waals surface area contributed by atoms with Crippen LogP contribution in [0.15, 0.2) is 18.2 Å². The minimum absolute atomic E-state index is 0.379. The lowest BCUT2D eigenvalue weighted by molar-refractivity contribution is -0.142. The number of amides is 1. The molecule has 0 atom stereocenters. The lowest BCUT2D eigenvalue weighted by Crippen LogP contribution is -2.17. The summed E-state index contributed by atoms with van der Waals surface area (Å²) >= 11 is 0. The maximum atomic E-state index is 12.0. The molecular weight excluding hydrogens is 247 g/mol. The summed E-state index contributed by atoms with van der Waals surface area (Å²) in [4.78, 5) is 11.4. The van der Waals surface area contributed by atoms with E-state index in [2.05, 4.69) is 5.32 Å². The second-order valence-corrected chi connectivity index (χ2v) is 3.87. The Bertz CT molecular complexity index is 430. The Kier molecular flexibility index (Phi) is 4.58. The molecule has 0 aliphatic rings. The predicted octanol–water partition coefficient (Wildman–Crippen LogP) is 3.28. The molecule has 0 aliphatic carbocycles. The van der Waals surface area contributed by atoms with Crippen LogP contribution in [0.5, 0.6) is 5.75 Å². The van der Waals surface area contributed by atoms with Gasteiger partial charge in [0.25, 0.3) is 0 Å². The van der Waals surface area contributed by atoms with E-state index in [0.717, 1.165) is 5.56 Å². The highest BCUT2D eigenvalue weighted by Crippen LogP contribution is 2.26. The van der Waals surface area contributed by atoms with E-state index in [-0.39, 0.29) is 0 Å². The van der Waals surface area contributed by atoms with Gasteiger partial charge >= 0.3 is 6.18 Å². The molecule has 0 radical (unpaired) electrons. The lowest BCUT2D eigenvalue weighted by atomic mass is 10.2. The summed E-state index contributed by atoms with van der Waals surface area (Å²) < 4.78 is 40.9. The van der Waals surface area contributed by atoms with Crippen LogP contribution in [0.2, 0.25) is 0 Å². The first-order chi connectivity index (χ1) is 8.31. The Morgan fingerprint density at radius 1 is 1.39 bits per heavy atom. The van der Waals surface area contributed by atoms with Gasteiger partial charge in [-0.05, 0) is 24.6 Å². The third kappa shape index (κ3) is 4.65. The van der Waals surface area contributed by atoms with E-state index in [0.29, 0.717) is 11.4 Å². The number of carbonyl (C=O) groups is 1. The zero-order valence-electron chi connectivity index (χ0n) is 10.1. The highest BCUT2D eigenvalue weighted by Gasteiger charge is 2.28. The summed E-state index contributed by atoms with van der Waals surface area (Å²) in [7, 11) is 1.43. The predicted molar refractivity (Wildman–Crippen MR) is 61.6 cm³/mol. The van der Waals surface area contributed by atoms with Crippen LogP contribution in [0.3, 0.4) is 0 Å². The van der Waals surface area contributed by atoms with Crippen molar-refractivity contribution in [2.75, 3.05) is 12.4 Å². The first-order valence-electron chi connectivity index (χ1n) is 5.33. The molecule has 0 fully saturated rings. The highest BCUT2D eigenvalue weighted by molar-refractivity contribution is 5.92. The van der Waals surface area contributed by atoms with E-state index < -0.39 is 24.9 Å². The normalized spacial score (nSPS) is 11.2. The van der Waals surface area contributed by atoms with E-state index in [1.165, 1.54) is 7.11 Å². The first-order valence-corrected chi connectivity index (χ1v) is 5.33. The van der Waals surface area contributed by atoms with Gasteiger partial charge in [-0.15, -0.1) is 0 Å². The van der Waals surface area contributed by atoms with Crippen LogP contribution in [0.1, 0.15) is 18.4 Å². The van der Waals surface area contributed by atoms with Crippen molar-refractivity contribution in [1.82, 2.24) is 0 Å². The third-order valence-corrected chi connectivity index (χ3v) is 2.26. The second kappa shape index (κ2) is 5.75. The van der Waals surface area contributed by atoms with Crippen molar-refractivity contribution in [3.63, 3.8) is 0 Å². The summed E-state index contributed by atoms with van der Waals surface area (Å²) in [5, 5.41) is 2.41. The zero-order chi connectivity index (χ0) is 13.8. The van der Waals surface area contributed by atoms with Crippen molar-refractivity contribution in [3.8, 4) is 5.75 Å². The van der Waals surface area contributed by atoms with E-state index in [4.69, 9.17) is 4.74 Å². The van der Waals surface area contributed by atoms with Crippen LogP contribution in [-0.2, 0) is 4.79 Å². The highest BCUT2D eigenvalue weighted by atomic mass is 19.4. The molecule has 1 aromatic carbocycles. The number of anilines is 1. The van der Waals surface area contributed by atoms with Gasteiger partial charge in [0.2, 0.25) is 5.91 Å². The number of benzene rings is 1. The van der Waals surface area contributed by atoms with Gasteiger partial charge in [-0.25, -0.2) is 0 Å². The van der Waals surface area contributed by atoms with Crippen LogP contribution in [0.4, 0.5) is 18.9 Å². The molecule has 1 aromatic rings. The maximum Gasteiger partial charge on any atom is 0.389 e. The van der Waals surface area contributed by atoms with E-state index in [1.54, 1.807) is 18.2 Å². The molecule has 0 aliphatic heterocycles. The van der Waals surface area contributed by atoms with Gasteiger partial charge in [0, 0.05) is 6.42 Å². The fraction of sp³-hybridized carbons (Fsp3) is 0.417. The molecule has 0 unspecified atom stereocenters. The summed E-state index contributed by atoms with van der Waals surface area (Å²) in [6.07, 6.45) is -6.05. The fourth-order valence-electron chi connectivity index (χ4n) is 1.39. The molecule has 1 N–H and O–H groups in total. The van der Waals surface area contributed by atoms with E-state index in [9.17, 15) is 18.0 Å². The molecule has 0 bridgehead atoms. The van der Waals surface area contributed by atoms with Crippen molar-refractivity contribution in [1.29, 1.82) is 0 Å². The smallest absolute Gasteiger partial charge is 0.389 e. The van der Waals surface area contributed by atoms with Gasteiger partial charge < -0.3 is 10.1 Å². The quantitative estimate of drug-likeness (QED) is 0.903. The largest absolute Gasteiger partial charge is 0.495 e. The van der Waals surface area contributed by atoms with E-state index in [1.807, 2.05) is 6.92 Å². The van der Waals surface area contributed by atoms with Crippen molar-refractivity contribution < 1.29 is 22.7 Å². The van der Waals surface area contributed by atoms with Crippen LogP contribution in [0, 0.1) is 6.92 Å². The SMILES string of the molecule is COc1ccc(C)cc1NC(=O)CCC(F)(F)F. The number of methoxy groups -OCH3 is 1. The van der Waals surface area contributed by atoms with Crippen molar-refractivity contribution in [2.45, 2.75) is 25.9 Å². The Hall–Kier alpha value is -1.72. The number of hydrogen-bond donors (Lipinski definition) is 1. The second-order valence-electron chi connectivity index (χ2n) is 3.87. The topological polar surface area (TPSA) is 38.3 Å². The van der Waals surface area contributed by atoms with Gasteiger partial charge in [-0.3, -0.25) is 4.79 Å². The van der Waals surface area contributed by atoms with E-state index >= 15 is 0 Å². The number of ether oxygens (including phenoxy) is 1. The average molecular weight is 261 g/mol. The van der Waals surface area contributed by atoms with Crippen molar-refractivity contribution in [3.05, 3.63) is 23.8 Å². The number of rotatable bonds is 4. The molecule has 0 saturated heterocycles. The molecule has 100 valence electrons. The molecule has 0 heterocycles. The van der Waals surface area contributed by atoms with Crippen molar-refractivity contribution >= 4 is 11.6 Å². The first kappa shape index (κ1) is 14.3. The summed E-state index contributed by atoms with van der Waals surface area (Å²) in [5.74, 6) is -0.266. The Morgan fingerprint density at radius 2 is 2.06 bits per heavy atom. The Labute approximate surface area is 103 Å². The summed E-state index contributed by atoms with van der Waals surface area (Å²) in [5.41, 5.74) is 1.26. The minimum Gasteiger partial charge on any atom is -0.495 e. The lowest BCUT2D eigenvalue weighted by Gasteiger charge is -2.11. The average Bonchev–Trinajstić information content (AvgIpc) is 2.26. The third-order valence-electron chi connectivity index (χ3n) is 2.26. The molecule has 0 aromatic heterocycles. The summed E-state index contributed by atoms with van der Waals surface area (Å²) in [6, 6.07) is 5.07. The van der Waals surface area contributed by atoms with Gasteiger partial charge in [-0.2, -0.15) is 13.2 Å². The monoisotopic (exact) mass is 261 g/mol. The molecule has 0 spiro atoms. The number of aryl methyl sites for hydroxylation is 1. The number of hydrogen-bond acceptors (Lipinski definition) is 2. The van der Waals surface area contributed by atoms with Crippen LogP contribution in [-0.4, -0.2) is 19.2 Å². The molecule has 1 amide bonds. The molecule has 3 nitrogen and oxygen atoms in total. The molecule has 18 heavy (non-hydrogen) atoms. The summed E-state index contributed by atoms with van der Waals surface area (Å²) in [6.45, 7) is 1.81. The fourth-order valence-corrected chi connectivity index (χ4v) is 1.39. The van der Waals surface area contributed by atoms with Gasteiger partial charge in [0.05, 0.1) is 19.2 Å². The Morgan fingerprint density at radius 3 is 2.61 bits per heavy atom. The molecule has 6 heteroatoms. The number of alkyl halides is 3. The Balaban J connectivity index is 2.66. The van der Waals surface area contributed by atoms with Gasteiger partial charge in [-0.1, -0.05) is 6.07 Å². The van der Waals surface area contributed by atoms with Crippen LogP contribution >= 0.6 is 0 Å². The van der Waals surface area contributed by atoms with Crippen LogP contribution in [0.25, 0.3) is 0 Å².